The zero-order chi connectivity index (χ0) is 21.4. The lowest BCUT2D eigenvalue weighted by Gasteiger charge is -2.40. The maximum absolute atomic E-state index is 14.6. The van der Waals surface area contributed by atoms with Crippen molar-refractivity contribution < 1.29 is 4.79 Å². The van der Waals surface area contributed by atoms with Gasteiger partial charge in [0.05, 0.1) is 10.8 Å². The van der Waals surface area contributed by atoms with E-state index in [-0.39, 0.29) is 5.78 Å². The maximum atomic E-state index is 14.6. The van der Waals surface area contributed by atoms with Crippen LogP contribution in [0, 0.1) is 27.7 Å². The smallest absolute Gasteiger partial charge is 0.162 e. The van der Waals surface area contributed by atoms with E-state index in [1.54, 1.807) is 12.4 Å². The van der Waals surface area contributed by atoms with Crippen molar-refractivity contribution >= 4 is 18.2 Å². The number of nitrogens with zero attached hydrogens (tertiary/aromatic N) is 2. The molecule has 0 amide bonds. The van der Waals surface area contributed by atoms with Crippen LogP contribution in [0.4, 0.5) is 0 Å². The predicted molar refractivity (Wildman–Crippen MR) is 125 cm³/mol. The van der Waals surface area contributed by atoms with Gasteiger partial charge in [-0.3, -0.25) is 14.8 Å². The average Bonchev–Trinajstić information content (AvgIpc) is 2.73. The Morgan fingerprint density at radius 1 is 0.667 bits per heavy atom. The summed E-state index contributed by atoms with van der Waals surface area (Å²) in [6.07, 6.45) is 12.4. The van der Waals surface area contributed by atoms with E-state index >= 15 is 0 Å². The fourth-order valence-electron chi connectivity index (χ4n) is 4.88. The van der Waals surface area contributed by atoms with E-state index in [2.05, 4.69) is 74.1 Å². The molecule has 2 unspecified atom stereocenters. The number of hydrogen-bond acceptors (Lipinski definition) is 3. The van der Waals surface area contributed by atoms with Crippen LogP contribution in [0.25, 0.3) is 0 Å². The number of rotatable bonds is 4. The number of hydrogen-bond donors (Lipinski definition) is 0. The highest BCUT2D eigenvalue weighted by Crippen LogP contribution is 2.44. The molecule has 0 aliphatic carbocycles. The molecule has 2 aromatic carbocycles. The minimum Gasteiger partial charge on any atom is -0.297 e. The lowest BCUT2D eigenvalue weighted by atomic mass is 9.60. The molecule has 0 aromatic heterocycles. The SMILES string of the molecule is Cc1cc(C)cc(C2(C(=O)C3(c4cc(C)cc(C)c4)C=CN=CC3)C=CN=CC2)c1. The van der Waals surface area contributed by atoms with Crippen molar-refractivity contribution in [2.24, 2.45) is 9.98 Å². The molecule has 2 aromatic rings. The molecular weight excluding hydrogens is 368 g/mol. The highest BCUT2D eigenvalue weighted by atomic mass is 16.1. The second kappa shape index (κ2) is 7.64. The van der Waals surface area contributed by atoms with Crippen LogP contribution in [0.1, 0.15) is 46.2 Å². The molecule has 0 saturated carbocycles. The summed E-state index contributed by atoms with van der Waals surface area (Å²) in [6.45, 7) is 8.34. The van der Waals surface area contributed by atoms with Gasteiger partial charge in [0.15, 0.2) is 5.78 Å². The molecule has 3 heteroatoms. The normalized spacial score (nSPS) is 24.9. The Morgan fingerprint density at radius 2 is 1.03 bits per heavy atom. The van der Waals surface area contributed by atoms with Crippen LogP contribution in [0.15, 0.2) is 70.9 Å². The molecule has 0 spiro atoms. The van der Waals surface area contributed by atoms with Crippen LogP contribution in [0.2, 0.25) is 0 Å². The monoisotopic (exact) mass is 396 g/mol. The van der Waals surface area contributed by atoms with E-state index in [1.807, 2.05) is 24.6 Å². The van der Waals surface area contributed by atoms with Gasteiger partial charge in [0.2, 0.25) is 0 Å². The maximum Gasteiger partial charge on any atom is 0.162 e. The van der Waals surface area contributed by atoms with Crippen molar-refractivity contribution in [3.05, 3.63) is 94.3 Å². The third-order valence-electron chi connectivity index (χ3n) is 6.21. The lowest BCUT2D eigenvalue weighted by molar-refractivity contribution is -0.126. The molecule has 2 aliphatic rings. The van der Waals surface area contributed by atoms with Crippen molar-refractivity contribution in [3.63, 3.8) is 0 Å². The van der Waals surface area contributed by atoms with E-state index in [0.717, 1.165) is 33.4 Å². The number of Topliss-reactive ketones (excluding diaryl/α,β-unsaturated/α-hetero) is 1. The number of allylic oxidation sites excluding steroid dienone is 2. The molecule has 2 aliphatic heterocycles. The van der Waals surface area contributed by atoms with Gasteiger partial charge in [0.1, 0.15) is 0 Å². The van der Waals surface area contributed by atoms with Crippen molar-refractivity contribution in [1.82, 2.24) is 0 Å². The Kier molecular flexibility index (Phi) is 5.15. The quantitative estimate of drug-likeness (QED) is 0.659. The van der Waals surface area contributed by atoms with Gasteiger partial charge in [-0.1, -0.05) is 58.7 Å². The summed E-state index contributed by atoms with van der Waals surface area (Å²) in [5.74, 6) is 0.176. The molecule has 0 fully saturated rings. The Labute approximate surface area is 179 Å². The topological polar surface area (TPSA) is 41.8 Å². The number of carbonyl (C=O) groups excluding carboxylic acids is 1. The Hall–Kier alpha value is -3.07. The first-order chi connectivity index (χ1) is 14.4. The molecule has 152 valence electrons. The van der Waals surface area contributed by atoms with Crippen LogP contribution >= 0.6 is 0 Å². The molecule has 4 rings (SSSR count). The molecule has 0 N–H and O–H groups in total. The zero-order valence-electron chi connectivity index (χ0n) is 18.1. The number of benzene rings is 2. The molecule has 2 atom stereocenters. The fraction of sp³-hybridized carbons (Fsp3) is 0.296. The van der Waals surface area contributed by atoms with E-state index in [1.165, 1.54) is 0 Å². The Balaban J connectivity index is 1.95. The van der Waals surface area contributed by atoms with Crippen LogP contribution < -0.4 is 0 Å². The average molecular weight is 397 g/mol. The van der Waals surface area contributed by atoms with Crippen molar-refractivity contribution in [2.75, 3.05) is 0 Å². The highest BCUT2D eigenvalue weighted by molar-refractivity contribution is 6.06. The van der Waals surface area contributed by atoms with Crippen molar-refractivity contribution in [3.8, 4) is 0 Å². The van der Waals surface area contributed by atoms with Gasteiger partial charge in [-0.2, -0.15) is 0 Å². The second-order valence-electron chi connectivity index (χ2n) is 8.73. The molecule has 30 heavy (non-hydrogen) atoms. The molecular formula is C27H28N2O. The molecule has 0 saturated heterocycles. The highest BCUT2D eigenvalue weighted by Gasteiger charge is 2.50. The van der Waals surface area contributed by atoms with Gasteiger partial charge in [-0.05, 0) is 51.0 Å². The number of carbonyl (C=O) groups is 1. The van der Waals surface area contributed by atoms with E-state index in [0.29, 0.717) is 12.8 Å². The number of ketones is 1. The Bertz CT molecular complexity index is 994. The van der Waals surface area contributed by atoms with Crippen LogP contribution in [-0.2, 0) is 15.6 Å². The van der Waals surface area contributed by atoms with E-state index in [4.69, 9.17) is 0 Å². The van der Waals surface area contributed by atoms with Gasteiger partial charge in [-0.15, -0.1) is 0 Å². The summed E-state index contributed by atoms with van der Waals surface area (Å²) in [5, 5.41) is 0. The molecule has 3 nitrogen and oxygen atoms in total. The number of aliphatic imine (C=N–C) groups is 2. The zero-order valence-corrected chi connectivity index (χ0v) is 18.1. The summed E-state index contributed by atoms with van der Waals surface area (Å²) in [5.41, 5.74) is 5.20. The predicted octanol–water partition coefficient (Wildman–Crippen LogP) is 5.64. The molecule has 0 bridgehead atoms. The van der Waals surface area contributed by atoms with Gasteiger partial charge in [-0.25, -0.2) is 0 Å². The van der Waals surface area contributed by atoms with E-state index < -0.39 is 10.8 Å². The van der Waals surface area contributed by atoms with E-state index in [9.17, 15) is 4.79 Å². The van der Waals surface area contributed by atoms with Crippen LogP contribution in [-0.4, -0.2) is 18.2 Å². The number of aryl methyl sites for hydroxylation is 4. The first-order valence-electron chi connectivity index (χ1n) is 10.5. The summed E-state index contributed by atoms with van der Waals surface area (Å²) in [4.78, 5) is 23.2. The molecule has 0 radical (unpaired) electrons. The largest absolute Gasteiger partial charge is 0.297 e. The van der Waals surface area contributed by atoms with Gasteiger partial charge in [0.25, 0.3) is 0 Å². The van der Waals surface area contributed by atoms with Crippen molar-refractivity contribution in [2.45, 2.75) is 51.4 Å². The summed E-state index contributed by atoms with van der Waals surface area (Å²) >= 11 is 0. The van der Waals surface area contributed by atoms with Crippen LogP contribution in [0.3, 0.4) is 0 Å². The minimum absolute atomic E-state index is 0.176. The third kappa shape index (κ3) is 3.39. The standard InChI is InChI=1S/C27H28N2O/c1-19-13-20(2)16-23(15-19)26(5-9-28-10-6-26)25(30)27(7-11-29-12-8-27)24-17-21(3)14-22(4)18-24/h5,7,9-18H,6,8H2,1-4H3. The summed E-state index contributed by atoms with van der Waals surface area (Å²) in [6, 6.07) is 12.9. The minimum atomic E-state index is -0.758. The third-order valence-corrected chi connectivity index (χ3v) is 6.21. The van der Waals surface area contributed by atoms with Gasteiger partial charge < -0.3 is 0 Å². The van der Waals surface area contributed by atoms with Gasteiger partial charge in [0, 0.05) is 37.7 Å². The van der Waals surface area contributed by atoms with Crippen LogP contribution in [0.5, 0.6) is 0 Å². The lowest BCUT2D eigenvalue weighted by Crippen LogP contribution is -2.49. The Morgan fingerprint density at radius 3 is 1.33 bits per heavy atom. The summed E-state index contributed by atoms with van der Waals surface area (Å²) in [7, 11) is 0. The second-order valence-corrected chi connectivity index (χ2v) is 8.73. The first-order valence-corrected chi connectivity index (χ1v) is 10.5. The van der Waals surface area contributed by atoms with Gasteiger partial charge >= 0.3 is 0 Å². The molecule has 2 heterocycles. The van der Waals surface area contributed by atoms with Crippen molar-refractivity contribution in [1.29, 1.82) is 0 Å². The first kappa shape index (κ1) is 20.2. The summed E-state index contributed by atoms with van der Waals surface area (Å²) < 4.78 is 0. The fourth-order valence-corrected chi connectivity index (χ4v) is 4.88.